The molecule has 1 aliphatic rings. The fourth-order valence-electron chi connectivity index (χ4n) is 2.90. The predicted octanol–water partition coefficient (Wildman–Crippen LogP) is 3.47. The second kappa shape index (κ2) is 8.56. The summed E-state index contributed by atoms with van der Waals surface area (Å²) in [4.78, 5) is 24.7. The van der Waals surface area contributed by atoms with Crippen molar-refractivity contribution < 1.29 is 18.7 Å². The number of hydrogen-bond acceptors (Lipinski definition) is 6. The molecule has 2 aromatic rings. The number of nitrogens with one attached hydrogen (secondary N) is 2. The number of carbonyl (C=O) groups is 2. The van der Waals surface area contributed by atoms with E-state index in [-0.39, 0.29) is 12.0 Å². The number of amides is 2. The molecule has 0 radical (unpaired) electrons. The van der Waals surface area contributed by atoms with Crippen molar-refractivity contribution in [2.24, 2.45) is 0 Å². The predicted molar refractivity (Wildman–Crippen MR) is 101 cm³/mol. The van der Waals surface area contributed by atoms with E-state index in [0.29, 0.717) is 42.1 Å². The van der Waals surface area contributed by atoms with E-state index in [9.17, 15) is 14.9 Å². The molecule has 8 heteroatoms. The number of anilines is 1. The number of rotatable bonds is 5. The molecule has 0 spiro atoms. The normalized spacial score (nSPS) is 15.8. The number of thiophene rings is 1. The van der Waals surface area contributed by atoms with Crippen LogP contribution in [0.4, 0.5) is 9.80 Å². The van der Waals surface area contributed by atoms with Gasteiger partial charge in [-0.25, -0.2) is 4.79 Å². The number of ether oxygens (including phenoxy) is 1. The average Bonchev–Trinajstić information content (AvgIpc) is 3.26. The van der Waals surface area contributed by atoms with Gasteiger partial charge in [-0.3, -0.25) is 4.79 Å². The Morgan fingerprint density at radius 2 is 2.37 bits per heavy atom. The fourth-order valence-corrected chi connectivity index (χ4v) is 4.16. The van der Waals surface area contributed by atoms with Crippen molar-refractivity contribution in [3.8, 4) is 6.07 Å². The number of alkyl carbamates (subject to hydrolysis) is 1. The number of carbonyl (C=O) groups excluding carboxylic acids is 2. The summed E-state index contributed by atoms with van der Waals surface area (Å²) < 4.78 is 10.5. The Morgan fingerprint density at radius 3 is 3.07 bits per heavy atom. The lowest BCUT2D eigenvalue weighted by atomic mass is 9.94. The monoisotopic (exact) mass is 385 g/mol. The summed E-state index contributed by atoms with van der Waals surface area (Å²) in [6, 6.07) is 5.66. The van der Waals surface area contributed by atoms with E-state index < -0.39 is 6.09 Å². The summed E-state index contributed by atoms with van der Waals surface area (Å²) >= 11 is 1.36. The molecule has 1 unspecified atom stereocenters. The van der Waals surface area contributed by atoms with E-state index in [1.54, 1.807) is 18.2 Å². The highest BCUT2D eigenvalue weighted by Crippen LogP contribution is 2.38. The van der Waals surface area contributed by atoms with Crippen molar-refractivity contribution in [3.05, 3.63) is 46.2 Å². The lowest BCUT2D eigenvalue weighted by Gasteiger charge is -2.22. The minimum absolute atomic E-state index is 0.225. The first kappa shape index (κ1) is 18.7. The van der Waals surface area contributed by atoms with Gasteiger partial charge in [-0.05, 0) is 43.5 Å². The number of nitrogens with zero attached hydrogens (tertiary/aromatic N) is 1. The van der Waals surface area contributed by atoms with Crippen molar-refractivity contribution in [1.82, 2.24) is 5.32 Å². The lowest BCUT2D eigenvalue weighted by molar-refractivity contribution is -0.111. The van der Waals surface area contributed by atoms with Crippen LogP contribution in [-0.2, 0) is 22.4 Å². The highest BCUT2D eigenvalue weighted by molar-refractivity contribution is 7.16. The molecule has 140 valence electrons. The third kappa shape index (κ3) is 4.57. The molecule has 1 atom stereocenters. The van der Waals surface area contributed by atoms with Gasteiger partial charge in [-0.2, -0.15) is 5.26 Å². The van der Waals surface area contributed by atoms with Gasteiger partial charge in [0.25, 0.3) is 0 Å². The molecule has 2 heterocycles. The Kier molecular flexibility index (Phi) is 5.94. The van der Waals surface area contributed by atoms with E-state index in [4.69, 9.17) is 9.15 Å². The molecule has 2 aromatic heterocycles. The first-order chi connectivity index (χ1) is 13.1. The molecule has 2 amide bonds. The van der Waals surface area contributed by atoms with Crippen molar-refractivity contribution >= 4 is 34.4 Å². The molecular weight excluding hydrogens is 366 g/mol. The van der Waals surface area contributed by atoms with Crippen LogP contribution in [0.2, 0.25) is 0 Å². The van der Waals surface area contributed by atoms with Crippen molar-refractivity contribution in [2.45, 2.75) is 32.3 Å². The van der Waals surface area contributed by atoms with Crippen LogP contribution in [0.25, 0.3) is 6.08 Å². The molecule has 1 aliphatic carbocycles. The molecular formula is C19H19N3O4S. The summed E-state index contributed by atoms with van der Waals surface area (Å²) in [6.45, 7) is 2.34. The largest absolute Gasteiger partial charge is 0.465 e. The van der Waals surface area contributed by atoms with E-state index in [1.807, 2.05) is 6.92 Å². The molecule has 7 nitrogen and oxygen atoms in total. The molecule has 27 heavy (non-hydrogen) atoms. The van der Waals surface area contributed by atoms with E-state index in [1.165, 1.54) is 23.7 Å². The third-order valence-electron chi connectivity index (χ3n) is 4.11. The molecule has 0 fully saturated rings. The zero-order chi connectivity index (χ0) is 19.2. The van der Waals surface area contributed by atoms with E-state index in [2.05, 4.69) is 16.7 Å². The van der Waals surface area contributed by atoms with Crippen LogP contribution < -0.4 is 10.6 Å². The topological polar surface area (TPSA) is 104 Å². The highest BCUT2D eigenvalue weighted by Gasteiger charge is 2.28. The van der Waals surface area contributed by atoms with Crippen LogP contribution in [0.1, 0.15) is 35.1 Å². The van der Waals surface area contributed by atoms with Gasteiger partial charge in [0, 0.05) is 23.9 Å². The molecule has 0 saturated heterocycles. The molecule has 2 N–H and O–H groups in total. The van der Waals surface area contributed by atoms with Gasteiger partial charge in [0.05, 0.1) is 11.8 Å². The van der Waals surface area contributed by atoms with Gasteiger partial charge in [0.1, 0.15) is 22.9 Å². The van der Waals surface area contributed by atoms with Gasteiger partial charge in [0.2, 0.25) is 5.91 Å². The minimum Gasteiger partial charge on any atom is -0.465 e. The first-order valence-electron chi connectivity index (χ1n) is 8.62. The third-order valence-corrected chi connectivity index (χ3v) is 5.28. The quantitative estimate of drug-likeness (QED) is 0.767. The zero-order valence-electron chi connectivity index (χ0n) is 14.8. The molecule has 0 aromatic carbocycles. The minimum atomic E-state index is -0.431. The summed E-state index contributed by atoms with van der Waals surface area (Å²) in [5.74, 6) is 0.234. The summed E-state index contributed by atoms with van der Waals surface area (Å²) in [6.07, 6.45) is 5.63. The van der Waals surface area contributed by atoms with Gasteiger partial charge < -0.3 is 19.8 Å². The van der Waals surface area contributed by atoms with Gasteiger partial charge >= 0.3 is 6.09 Å². The summed E-state index contributed by atoms with van der Waals surface area (Å²) in [5, 5.41) is 15.4. The first-order valence-corrected chi connectivity index (χ1v) is 9.44. The fraction of sp³-hybridized carbons (Fsp3) is 0.316. The number of hydrogen-bond donors (Lipinski definition) is 2. The number of furan rings is 1. The Hall–Kier alpha value is -3.05. The summed E-state index contributed by atoms with van der Waals surface area (Å²) in [7, 11) is 0. The van der Waals surface area contributed by atoms with Gasteiger partial charge in [-0.15, -0.1) is 11.3 Å². The Balaban J connectivity index is 1.69. The smallest absolute Gasteiger partial charge is 0.407 e. The van der Waals surface area contributed by atoms with Crippen LogP contribution in [0.3, 0.4) is 0 Å². The lowest BCUT2D eigenvalue weighted by Crippen LogP contribution is -2.31. The molecule has 0 saturated carbocycles. The van der Waals surface area contributed by atoms with Gasteiger partial charge in [0.15, 0.2) is 0 Å². The maximum Gasteiger partial charge on any atom is 0.407 e. The van der Waals surface area contributed by atoms with Crippen LogP contribution in [0.15, 0.2) is 28.9 Å². The van der Waals surface area contributed by atoms with Crippen LogP contribution in [0.5, 0.6) is 0 Å². The van der Waals surface area contributed by atoms with Crippen LogP contribution in [0, 0.1) is 11.3 Å². The van der Waals surface area contributed by atoms with E-state index in [0.717, 1.165) is 10.4 Å². The van der Waals surface area contributed by atoms with Gasteiger partial charge in [-0.1, -0.05) is 0 Å². The summed E-state index contributed by atoms with van der Waals surface area (Å²) in [5.41, 5.74) is 1.43. The van der Waals surface area contributed by atoms with Crippen LogP contribution in [-0.4, -0.2) is 24.6 Å². The Labute approximate surface area is 160 Å². The maximum atomic E-state index is 12.2. The van der Waals surface area contributed by atoms with Crippen molar-refractivity contribution in [2.75, 3.05) is 11.9 Å². The second-order valence-electron chi connectivity index (χ2n) is 5.96. The molecule has 0 bridgehead atoms. The number of nitriles is 1. The molecule has 3 rings (SSSR count). The highest BCUT2D eigenvalue weighted by atomic mass is 32.1. The SMILES string of the molecule is CCNC(=O)OC1CCc2c(sc(NC(=O)C=Cc3ccco3)c2C#N)C1. The maximum absolute atomic E-state index is 12.2. The van der Waals surface area contributed by atoms with E-state index >= 15 is 0 Å². The molecule has 0 aliphatic heterocycles. The van der Waals surface area contributed by atoms with Crippen molar-refractivity contribution in [1.29, 1.82) is 5.26 Å². The Morgan fingerprint density at radius 1 is 1.52 bits per heavy atom. The second-order valence-corrected chi connectivity index (χ2v) is 7.06. The average molecular weight is 385 g/mol. The zero-order valence-corrected chi connectivity index (χ0v) is 15.6. The standard InChI is InChI=1S/C19H19N3O4S/c1-2-21-19(24)26-13-5-7-14-15(11-20)18(27-16(14)10-13)22-17(23)8-6-12-4-3-9-25-12/h3-4,6,8-9,13H,2,5,7,10H2,1H3,(H,21,24)(H,22,23). The van der Waals surface area contributed by atoms with Crippen LogP contribution >= 0.6 is 11.3 Å². The Bertz CT molecular complexity index is 893. The number of fused-ring (bicyclic) bond motifs is 1. The van der Waals surface area contributed by atoms with Crippen molar-refractivity contribution in [3.63, 3.8) is 0 Å².